The van der Waals surface area contributed by atoms with E-state index in [1.165, 1.54) is 33.0 Å². The third kappa shape index (κ3) is 5.81. The summed E-state index contributed by atoms with van der Waals surface area (Å²) in [6, 6.07) is 75.9. The normalized spacial score (nSPS) is 11.3. The molecule has 0 aliphatic heterocycles. The van der Waals surface area contributed by atoms with E-state index in [1.54, 1.807) is 0 Å². The van der Waals surface area contributed by atoms with Crippen LogP contribution in [0.25, 0.3) is 77.2 Å². The first-order valence-electron chi connectivity index (χ1n) is 18.4. The standard InChI is InChI=1S/C52H35NO/c1-4-13-36(14-5-1)43-31-44(37-15-6-2-7-16-37)34-47(33-43)53(46-29-25-38-17-10-11-20-41(38)32-46)45-27-23-39(24-28-45)42-26-30-51-50(35-42)49-22-12-21-48(52(49)54-51)40-18-8-3-9-19-40/h1-35H. The van der Waals surface area contributed by atoms with Crippen molar-refractivity contribution >= 4 is 49.8 Å². The lowest BCUT2D eigenvalue weighted by atomic mass is 9.97. The van der Waals surface area contributed by atoms with Crippen LogP contribution in [-0.4, -0.2) is 0 Å². The highest BCUT2D eigenvalue weighted by Gasteiger charge is 2.18. The van der Waals surface area contributed by atoms with Crippen LogP contribution in [0.1, 0.15) is 0 Å². The zero-order valence-corrected chi connectivity index (χ0v) is 29.6. The summed E-state index contributed by atoms with van der Waals surface area (Å²) in [4.78, 5) is 2.38. The Bertz CT molecular complexity index is 2850. The van der Waals surface area contributed by atoms with Gasteiger partial charge in [0.25, 0.3) is 0 Å². The molecular weight excluding hydrogens is 655 g/mol. The molecule has 0 atom stereocenters. The second-order valence-corrected chi connectivity index (χ2v) is 13.8. The lowest BCUT2D eigenvalue weighted by Gasteiger charge is -2.27. The minimum Gasteiger partial charge on any atom is -0.455 e. The van der Waals surface area contributed by atoms with Gasteiger partial charge in [0.2, 0.25) is 0 Å². The van der Waals surface area contributed by atoms with E-state index >= 15 is 0 Å². The number of rotatable bonds is 7. The van der Waals surface area contributed by atoms with Crippen LogP contribution in [0.2, 0.25) is 0 Å². The van der Waals surface area contributed by atoms with Crippen molar-refractivity contribution in [2.45, 2.75) is 0 Å². The molecule has 0 radical (unpaired) electrons. The first-order chi connectivity index (χ1) is 26.7. The predicted molar refractivity (Wildman–Crippen MR) is 228 cm³/mol. The van der Waals surface area contributed by atoms with E-state index in [-0.39, 0.29) is 0 Å². The van der Waals surface area contributed by atoms with Gasteiger partial charge in [-0.3, -0.25) is 0 Å². The molecule has 0 aliphatic carbocycles. The van der Waals surface area contributed by atoms with E-state index in [2.05, 4.69) is 211 Å². The summed E-state index contributed by atoms with van der Waals surface area (Å²) in [5.41, 5.74) is 14.4. The summed E-state index contributed by atoms with van der Waals surface area (Å²) >= 11 is 0. The quantitative estimate of drug-likeness (QED) is 0.166. The van der Waals surface area contributed by atoms with Crippen molar-refractivity contribution in [2.75, 3.05) is 4.90 Å². The van der Waals surface area contributed by atoms with Crippen LogP contribution in [0.3, 0.4) is 0 Å². The van der Waals surface area contributed by atoms with Crippen molar-refractivity contribution in [3.8, 4) is 44.5 Å². The largest absolute Gasteiger partial charge is 0.455 e. The topological polar surface area (TPSA) is 16.4 Å². The number of hydrogen-bond acceptors (Lipinski definition) is 2. The minimum absolute atomic E-state index is 0.892. The van der Waals surface area contributed by atoms with Gasteiger partial charge in [0.1, 0.15) is 11.2 Å². The fourth-order valence-electron chi connectivity index (χ4n) is 7.72. The zero-order chi connectivity index (χ0) is 35.8. The van der Waals surface area contributed by atoms with Crippen molar-refractivity contribution < 1.29 is 4.42 Å². The molecule has 1 heterocycles. The van der Waals surface area contributed by atoms with Crippen molar-refractivity contribution in [2.24, 2.45) is 0 Å². The Morgan fingerprint density at radius 3 is 1.56 bits per heavy atom. The van der Waals surface area contributed by atoms with Crippen LogP contribution in [0.15, 0.2) is 217 Å². The van der Waals surface area contributed by atoms with E-state index in [0.29, 0.717) is 0 Å². The van der Waals surface area contributed by atoms with Crippen molar-refractivity contribution in [1.29, 1.82) is 0 Å². The Kier molecular flexibility index (Phi) is 7.85. The van der Waals surface area contributed by atoms with Crippen LogP contribution in [-0.2, 0) is 0 Å². The summed E-state index contributed by atoms with van der Waals surface area (Å²) in [7, 11) is 0. The second kappa shape index (κ2) is 13.4. The Labute approximate surface area is 314 Å². The summed E-state index contributed by atoms with van der Waals surface area (Å²) in [5.74, 6) is 0. The number of para-hydroxylation sites is 1. The first kappa shape index (κ1) is 31.6. The van der Waals surface area contributed by atoms with Gasteiger partial charge in [0, 0.05) is 33.4 Å². The van der Waals surface area contributed by atoms with E-state index < -0.39 is 0 Å². The van der Waals surface area contributed by atoms with E-state index in [0.717, 1.165) is 61.3 Å². The Morgan fingerprint density at radius 2 is 0.870 bits per heavy atom. The van der Waals surface area contributed by atoms with Gasteiger partial charge in [0.15, 0.2) is 0 Å². The molecule has 0 bridgehead atoms. The molecule has 0 spiro atoms. The SMILES string of the molecule is c1ccc(-c2cc(-c3ccccc3)cc(N(c3ccc(-c4ccc5oc6c(-c7ccccc7)cccc6c5c4)cc3)c3ccc4ccccc4c3)c2)cc1. The first-order valence-corrected chi connectivity index (χ1v) is 18.4. The van der Waals surface area contributed by atoms with Crippen LogP contribution >= 0.6 is 0 Å². The lowest BCUT2D eigenvalue weighted by molar-refractivity contribution is 0.670. The molecule has 0 saturated carbocycles. The number of hydrogen-bond donors (Lipinski definition) is 0. The smallest absolute Gasteiger partial charge is 0.143 e. The molecule has 0 amide bonds. The van der Waals surface area contributed by atoms with Gasteiger partial charge >= 0.3 is 0 Å². The zero-order valence-electron chi connectivity index (χ0n) is 29.6. The molecule has 54 heavy (non-hydrogen) atoms. The van der Waals surface area contributed by atoms with Gasteiger partial charge in [-0.25, -0.2) is 0 Å². The van der Waals surface area contributed by atoms with Gasteiger partial charge < -0.3 is 9.32 Å². The fraction of sp³-hybridized carbons (Fsp3) is 0. The Morgan fingerprint density at radius 1 is 0.296 bits per heavy atom. The van der Waals surface area contributed by atoms with Gasteiger partial charge in [-0.2, -0.15) is 0 Å². The maximum absolute atomic E-state index is 6.48. The monoisotopic (exact) mass is 689 g/mol. The average Bonchev–Trinajstić information content (AvgIpc) is 3.63. The second-order valence-electron chi connectivity index (χ2n) is 13.8. The number of furan rings is 1. The minimum atomic E-state index is 0.892. The average molecular weight is 690 g/mol. The maximum Gasteiger partial charge on any atom is 0.143 e. The molecular formula is C52H35NO. The molecule has 0 fully saturated rings. The van der Waals surface area contributed by atoms with Crippen molar-refractivity contribution in [1.82, 2.24) is 0 Å². The highest BCUT2D eigenvalue weighted by molar-refractivity contribution is 6.10. The van der Waals surface area contributed by atoms with Gasteiger partial charge in [-0.05, 0) is 104 Å². The van der Waals surface area contributed by atoms with Crippen LogP contribution < -0.4 is 4.90 Å². The molecule has 0 saturated heterocycles. The number of nitrogens with zero attached hydrogens (tertiary/aromatic N) is 1. The molecule has 0 aliphatic rings. The van der Waals surface area contributed by atoms with Crippen molar-refractivity contribution in [3.05, 3.63) is 212 Å². The van der Waals surface area contributed by atoms with E-state index in [1.807, 2.05) is 6.07 Å². The third-order valence-electron chi connectivity index (χ3n) is 10.4. The molecule has 254 valence electrons. The molecule has 10 aromatic rings. The van der Waals surface area contributed by atoms with Crippen LogP contribution in [0, 0.1) is 0 Å². The Hall–Kier alpha value is -7.16. The molecule has 2 heteroatoms. The number of benzene rings is 9. The number of anilines is 3. The summed E-state index contributed by atoms with van der Waals surface area (Å²) < 4.78 is 6.48. The number of fused-ring (bicyclic) bond motifs is 4. The highest BCUT2D eigenvalue weighted by atomic mass is 16.3. The lowest BCUT2D eigenvalue weighted by Crippen LogP contribution is -2.10. The predicted octanol–water partition coefficient (Wildman–Crippen LogP) is 14.9. The van der Waals surface area contributed by atoms with Gasteiger partial charge in [0.05, 0.1) is 0 Å². The Balaban J connectivity index is 1.10. The van der Waals surface area contributed by atoms with E-state index in [9.17, 15) is 0 Å². The van der Waals surface area contributed by atoms with E-state index in [4.69, 9.17) is 4.42 Å². The van der Waals surface area contributed by atoms with Crippen molar-refractivity contribution in [3.63, 3.8) is 0 Å². The molecule has 2 nitrogen and oxygen atoms in total. The van der Waals surface area contributed by atoms with Crippen LogP contribution in [0.4, 0.5) is 17.1 Å². The van der Waals surface area contributed by atoms with Gasteiger partial charge in [-0.1, -0.05) is 158 Å². The fourth-order valence-corrected chi connectivity index (χ4v) is 7.72. The summed E-state index contributed by atoms with van der Waals surface area (Å²) in [6.07, 6.45) is 0. The van der Waals surface area contributed by atoms with Crippen LogP contribution in [0.5, 0.6) is 0 Å². The molecule has 0 N–H and O–H groups in total. The maximum atomic E-state index is 6.48. The van der Waals surface area contributed by atoms with Gasteiger partial charge in [-0.15, -0.1) is 0 Å². The summed E-state index contributed by atoms with van der Waals surface area (Å²) in [5, 5.41) is 4.67. The molecule has 9 aromatic carbocycles. The third-order valence-corrected chi connectivity index (χ3v) is 10.4. The molecule has 1 aromatic heterocycles. The molecule has 0 unspecified atom stereocenters. The highest BCUT2D eigenvalue weighted by Crippen LogP contribution is 2.42. The molecule has 10 rings (SSSR count). The summed E-state index contributed by atoms with van der Waals surface area (Å²) in [6.45, 7) is 0.